The maximum absolute atomic E-state index is 12.4. The number of ether oxygens (including phenoxy) is 1. The maximum atomic E-state index is 12.4. The minimum absolute atomic E-state index is 0.0764. The van der Waals surface area contributed by atoms with Crippen molar-refractivity contribution < 1.29 is 9.53 Å². The highest BCUT2D eigenvalue weighted by Gasteiger charge is 2.18. The lowest BCUT2D eigenvalue weighted by molar-refractivity contribution is -0.117. The molecule has 1 aliphatic rings. The number of methoxy groups -OCH3 is 1. The monoisotopic (exact) mass is 341 g/mol. The summed E-state index contributed by atoms with van der Waals surface area (Å²) in [5.41, 5.74) is 4.01. The standard InChI is InChI=1S/C20H27N3O2/c1-3-19(17-9-8-15-6-4-5-7-16(15)12-17)23-20(24)18(13-21)14-22-10-11-25-2/h8-9,12,14,19,22H,3-7,10-11H2,1-2H3,(H,23,24)/b18-14-. The number of rotatable bonds is 8. The molecular formula is C20H27N3O2. The van der Waals surface area contributed by atoms with E-state index in [1.54, 1.807) is 7.11 Å². The molecule has 5 heteroatoms. The lowest BCUT2D eigenvalue weighted by atomic mass is 9.88. The molecule has 1 aliphatic carbocycles. The van der Waals surface area contributed by atoms with Crippen LogP contribution in [0.1, 0.15) is 48.9 Å². The fraction of sp³-hybridized carbons (Fsp3) is 0.500. The molecule has 1 aromatic carbocycles. The topological polar surface area (TPSA) is 74.2 Å². The number of hydrogen-bond acceptors (Lipinski definition) is 4. The first-order chi connectivity index (χ1) is 12.2. The Balaban J connectivity index is 2.05. The van der Waals surface area contributed by atoms with Crippen molar-refractivity contribution in [1.82, 2.24) is 10.6 Å². The van der Waals surface area contributed by atoms with Gasteiger partial charge in [0.2, 0.25) is 0 Å². The van der Waals surface area contributed by atoms with E-state index in [0.717, 1.165) is 24.8 Å². The highest BCUT2D eigenvalue weighted by Crippen LogP contribution is 2.26. The van der Waals surface area contributed by atoms with Crippen LogP contribution in [0.3, 0.4) is 0 Å². The van der Waals surface area contributed by atoms with Gasteiger partial charge in [0.15, 0.2) is 0 Å². The number of carbonyl (C=O) groups is 1. The highest BCUT2D eigenvalue weighted by molar-refractivity contribution is 5.97. The summed E-state index contributed by atoms with van der Waals surface area (Å²) >= 11 is 0. The predicted octanol–water partition coefficient (Wildman–Crippen LogP) is 2.78. The highest BCUT2D eigenvalue weighted by atomic mass is 16.5. The molecule has 1 aromatic rings. The molecule has 2 rings (SSSR count). The number of amides is 1. The van der Waals surface area contributed by atoms with E-state index in [1.807, 2.05) is 13.0 Å². The molecule has 0 saturated heterocycles. The number of hydrogen-bond donors (Lipinski definition) is 2. The molecule has 2 N–H and O–H groups in total. The summed E-state index contributed by atoms with van der Waals surface area (Å²) in [5, 5.41) is 15.1. The molecule has 134 valence electrons. The zero-order chi connectivity index (χ0) is 18.1. The fourth-order valence-corrected chi connectivity index (χ4v) is 3.11. The van der Waals surface area contributed by atoms with Crippen LogP contribution in [-0.4, -0.2) is 26.2 Å². The quantitative estimate of drug-likeness (QED) is 0.433. The van der Waals surface area contributed by atoms with Crippen molar-refractivity contribution >= 4 is 5.91 Å². The largest absolute Gasteiger partial charge is 0.387 e. The number of aryl methyl sites for hydroxylation is 2. The SMILES string of the molecule is CCC(NC(=O)/C(C#N)=C\NCCOC)c1ccc2c(c1)CCCC2. The van der Waals surface area contributed by atoms with Crippen LogP contribution in [-0.2, 0) is 22.4 Å². The van der Waals surface area contributed by atoms with Gasteiger partial charge in [-0.05, 0) is 48.8 Å². The second-order valence-electron chi connectivity index (χ2n) is 6.29. The molecule has 25 heavy (non-hydrogen) atoms. The van der Waals surface area contributed by atoms with Crippen LogP contribution < -0.4 is 10.6 Å². The zero-order valence-corrected chi connectivity index (χ0v) is 15.1. The Bertz CT molecular complexity index is 661. The molecule has 0 spiro atoms. The Kier molecular flexibility index (Phi) is 7.49. The van der Waals surface area contributed by atoms with Gasteiger partial charge in [0.05, 0.1) is 12.6 Å². The molecular weight excluding hydrogens is 314 g/mol. The Morgan fingerprint density at radius 1 is 1.36 bits per heavy atom. The van der Waals surface area contributed by atoms with E-state index in [0.29, 0.717) is 13.2 Å². The second kappa shape index (κ2) is 9.85. The summed E-state index contributed by atoms with van der Waals surface area (Å²) in [6.45, 7) is 3.11. The lowest BCUT2D eigenvalue weighted by Crippen LogP contribution is -2.30. The minimum atomic E-state index is -0.350. The maximum Gasteiger partial charge on any atom is 0.263 e. The van der Waals surface area contributed by atoms with Crippen LogP contribution in [0.4, 0.5) is 0 Å². The fourth-order valence-electron chi connectivity index (χ4n) is 3.11. The van der Waals surface area contributed by atoms with Gasteiger partial charge in [-0.3, -0.25) is 4.79 Å². The van der Waals surface area contributed by atoms with Crippen LogP contribution >= 0.6 is 0 Å². The predicted molar refractivity (Wildman–Crippen MR) is 97.8 cm³/mol. The smallest absolute Gasteiger partial charge is 0.263 e. The molecule has 0 saturated carbocycles. The Labute approximate surface area is 150 Å². The molecule has 1 atom stereocenters. The van der Waals surface area contributed by atoms with Gasteiger partial charge in [0.25, 0.3) is 5.91 Å². The van der Waals surface area contributed by atoms with Crippen LogP contribution in [0.2, 0.25) is 0 Å². The van der Waals surface area contributed by atoms with Gasteiger partial charge in [-0.15, -0.1) is 0 Å². The zero-order valence-electron chi connectivity index (χ0n) is 15.1. The van der Waals surface area contributed by atoms with Crippen molar-refractivity contribution in [2.45, 2.75) is 45.1 Å². The van der Waals surface area contributed by atoms with Gasteiger partial charge in [0.1, 0.15) is 11.6 Å². The number of fused-ring (bicyclic) bond motifs is 1. The van der Waals surface area contributed by atoms with Crippen LogP contribution in [0, 0.1) is 11.3 Å². The summed E-state index contributed by atoms with van der Waals surface area (Å²) in [5.74, 6) is -0.350. The van der Waals surface area contributed by atoms with Gasteiger partial charge in [-0.1, -0.05) is 25.1 Å². The Morgan fingerprint density at radius 2 is 2.12 bits per heavy atom. The number of nitrogens with zero attached hydrogens (tertiary/aromatic N) is 1. The third-order valence-corrected chi connectivity index (χ3v) is 4.55. The molecule has 0 radical (unpaired) electrons. The van der Waals surface area contributed by atoms with E-state index < -0.39 is 0 Å². The van der Waals surface area contributed by atoms with E-state index in [9.17, 15) is 10.1 Å². The number of nitriles is 1. The molecule has 0 heterocycles. The van der Waals surface area contributed by atoms with E-state index >= 15 is 0 Å². The number of benzene rings is 1. The van der Waals surface area contributed by atoms with Crippen molar-refractivity contribution in [3.05, 3.63) is 46.7 Å². The first kappa shape index (κ1) is 19.0. The van der Waals surface area contributed by atoms with Gasteiger partial charge in [0, 0.05) is 19.9 Å². The van der Waals surface area contributed by atoms with Crippen LogP contribution in [0.25, 0.3) is 0 Å². The van der Waals surface area contributed by atoms with E-state index in [2.05, 4.69) is 28.8 Å². The summed E-state index contributed by atoms with van der Waals surface area (Å²) in [4.78, 5) is 12.4. The van der Waals surface area contributed by atoms with Crippen molar-refractivity contribution in [2.24, 2.45) is 0 Å². The summed E-state index contributed by atoms with van der Waals surface area (Å²) in [7, 11) is 1.60. The first-order valence-corrected chi connectivity index (χ1v) is 8.94. The Morgan fingerprint density at radius 3 is 2.80 bits per heavy atom. The average molecular weight is 341 g/mol. The number of carbonyl (C=O) groups excluding carboxylic acids is 1. The van der Waals surface area contributed by atoms with Crippen LogP contribution in [0.15, 0.2) is 30.0 Å². The molecule has 5 nitrogen and oxygen atoms in total. The minimum Gasteiger partial charge on any atom is -0.387 e. The molecule has 1 amide bonds. The molecule has 0 bridgehead atoms. The summed E-state index contributed by atoms with van der Waals surface area (Å²) in [6.07, 6.45) is 6.97. The van der Waals surface area contributed by atoms with Gasteiger partial charge >= 0.3 is 0 Å². The van der Waals surface area contributed by atoms with E-state index in [-0.39, 0.29) is 17.5 Å². The summed E-state index contributed by atoms with van der Waals surface area (Å²) in [6, 6.07) is 8.37. The average Bonchev–Trinajstić information content (AvgIpc) is 2.65. The van der Waals surface area contributed by atoms with E-state index in [1.165, 1.54) is 30.2 Å². The third kappa shape index (κ3) is 5.33. The summed E-state index contributed by atoms with van der Waals surface area (Å²) < 4.78 is 4.93. The number of nitrogens with one attached hydrogen (secondary N) is 2. The van der Waals surface area contributed by atoms with Gasteiger partial charge in [-0.2, -0.15) is 5.26 Å². The Hall–Kier alpha value is -2.32. The molecule has 0 aliphatic heterocycles. The first-order valence-electron chi connectivity index (χ1n) is 8.94. The van der Waals surface area contributed by atoms with Crippen molar-refractivity contribution in [2.75, 3.05) is 20.3 Å². The van der Waals surface area contributed by atoms with Gasteiger partial charge < -0.3 is 15.4 Å². The van der Waals surface area contributed by atoms with Crippen LogP contribution in [0.5, 0.6) is 0 Å². The normalized spacial score (nSPS) is 15.0. The molecule has 1 unspecified atom stereocenters. The van der Waals surface area contributed by atoms with E-state index in [4.69, 9.17) is 4.74 Å². The van der Waals surface area contributed by atoms with Gasteiger partial charge in [-0.25, -0.2) is 0 Å². The van der Waals surface area contributed by atoms with Crippen molar-refractivity contribution in [3.63, 3.8) is 0 Å². The molecule has 0 aromatic heterocycles. The van der Waals surface area contributed by atoms with Crippen molar-refractivity contribution in [1.29, 1.82) is 5.26 Å². The second-order valence-corrected chi connectivity index (χ2v) is 6.29. The van der Waals surface area contributed by atoms with Crippen molar-refractivity contribution in [3.8, 4) is 6.07 Å². The lowest BCUT2D eigenvalue weighted by Gasteiger charge is -2.21. The third-order valence-electron chi connectivity index (χ3n) is 4.55. The molecule has 0 fully saturated rings.